The van der Waals surface area contributed by atoms with Crippen molar-refractivity contribution in [2.24, 2.45) is 0 Å². The monoisotopic (exact) mass is 345 g/mol. The van der Waals surface area contributed by atoms with Gasteiger partial charge in [0.15, 0.2) is 5.62 Å². The molecule has 1 atom stereocenters. The highest BCUT2D eigenvalue weighted by molar-refractivity contribution is 6.31. The third kappa shape index (κ3) is 2.10. The van der Waals surface area contributed by atoms with Crippen molar-refractivity contribution in [1.82, 2.24) is 4.57 Å². The maximum absolute atomic E-state index is 13.0. The SMILES string of the molecule is CN1c2c(c(=O)n(-c3ccccc3)c3cc(Cl)ccc23)NC1Cl. The fraction of sp³-hybridized carbons (Fsp3) is 0.118. The smallest absolute Gasteiger partial charge is 0.281 e. The molecule has 1 aliphatic heterocycles. The molecule has 23 heavy (non-hydrogen) atoms. The van der Waals surface area contributed by atoms with Crippen molar-refractivity contribution in [1.29, 1.82) is 0 Å². The molecular weight excluding hydrogens is 333 g/mol. The summed E-state index contributed by atoms with van der Waals surface area (Å²) < 4.78 is 1.66. The van der Waals surface area contributed by atoms with E-state index in [4.69, 9.17) is 23.2 Å². The molecule has 1 aliphatic rings. The van der Waals surface area contributed by atoms with E-state index in [0.29, 0.717) is 10.7 Å². The molecule has 0 aliphatic carbocycles. The number of fused-ring (bicyclic) bond motifs is 3. The van der Waals surface area contributed by atoms with E-state index >= 15 is 0 Å². The number of aromatic nitrogens is 1. The van der Waals surface area contributed by atoms with Crippen LogP contribution in [0.2, 0.25) is 5.02 Å². The Balaban J connectivity index is 2.18. The molecule has 2 aromatic carbocycles. The molecular formula is C17H13Cl2N3O. The second-order valence-corrected chi connectivity index (χ2v) is 6.30. The van der Waals surface area contributed by atoms with E-state index in [1.54, 1.807) is 10.6 Å². The summed E-state index contributed by atoms with van der Waals surface area (Å²) >= 11 is 12.4. The topological polar surface area (TPSA) is 37.3 Å². The Bertz CT molecular complexity index is 969. The van der Waals surface area contributed by atoms with Crippen LogP contribution in [0.15, 0.2) is 53.3 Å². The molecule has 116 valence electrons. The zero-order valence-electron chi connectivity index (χ0n) is 12.3. The van der Waals surface area contributed by atoms with Gasteiger partial charge < -0.3 is 10.2 Å². The van der Waals surface area contributed by atoms with E-state index in [9.17, 15) is 4.79 Å². The molecule has 6 heteroatoms. The molecule has 0 saturated heterocycles. The van der Waals surface area contributed by atoms with Gasteiger partial charge in [0.25, 0.3) is 5.56 Å². The summed E-state index contributed by atoms with van der Waals surface area (Å²) in [6, 6.07) is 15.0. The highest BCUT2D eigenvalue weighted by Gasteiger charge is 2.30. The molecule has 1 N–H and O–H groups in total. The summed E-state index contributed by atoms with van der Waals surface area (Å²) in [6.45, 7) is 0. The van der Waals surface area contributed by atoms with Crippen LogP contribution in [0, 0.1) is 0 Å². The van der Waals surface area contributed by atoms with Gasteiger partial charge >= 0.3 is 0 Å². The number of anilines is 2. The second kappa shape index (κ2) is 5.18. The van der Waals surface area contributed by atoms with Gasteiger partial charge in [-0.05, 0) is 30.3 Å². The molecule has 0 bridgehead atoms. The van der Waals surface area contributed by atoms with Crippen LogP contribution in [0.4, 0.5) is 11.4 Å². The van der Waals surface area contributed by atoms with Crippen molar-refractivity contribution in [3.8, 4) is 5.69 Å². The van der Waals surface area contributed by atoms with Gasteiger partial charge in [0.05, 0.1) is 11.2 Å². The third-order valence-corrected chi connectivity index (χ3v) is 4.72. The highest BCUT2D eigenvalue weighted by atomic mass is 35.5. The summed E-state index contributed by atoms with van der Waals surface area (Å²) in [7, 11) is 1.86. The molecule has 4 rings (SSSR count). The normalized spacial score (nSPS) is 16.5. The number of benzene rings is 2. The van der Waals surface area contributed by atoms with Gasteiger partial charge in [-0.2, -0.15) is 0 Å². The van der Waals surface area contributed by atoms with Crippen molar-refractivity contribution in [2.75, 3.05) is 17.3 Å². The standard InChI is InChI=1S/C17H13Cl2N3O/c1-21-15-12-8-7-10(18)9-13(12)22(11-5-3-2-4-6-11)16(23)14(15)20-17(21)19/h2-9,17,20H,1H3. The fourth-order valence-electron chi connectivity index (χ4n) is 3.01. The van der Waals surface area contributed by atoms with E-state index in [2.05, 4.69) is 5.32 Å². The van der Waals surface area contributed by atoms with Crippen LogP contribution in [0.25, 0.3) is 16.6 Å². The van der Waals surface area contributed by atoms with Gasteiger partial charge in [0.1, 0.15) is 5.69 Å². The predicted molar refractivity (Wildman–Crippen MR) is 96.2 cm³/mol. The highest BCUT2D eigenvalue weighted by Crippen LogP contribution is 2.39. The molecule has 4 nitrogen and oxygen atoms in total. The van der Waals surface area contributed by atoms with Gasteiger partial charge in [0, 0.05) is 23.1 Å². The van der Waals surface area contributed by atoms with E-state index in [-0.39, 0.29) is 5.56 Å². The largest absolute Gasteiger partial charge is 0.346 e. The molecule has 0 fully saturated rings. The number of nitrogens with zero attached hydrogens (tertiary/aromatic N) is 2. The molecule has 0 radical (unpaired) electrons. The maximum Gasteiger partial charge on any atom is 0.281 e. The lowest BCUT2D eigenvalue weighted by Crippen LogP contribution is -2.26. The van der Waals surface area contributed by atoms with Crippen molar-refractivity contribution in [2.45, 2.75) is 5.62 Å². The van der Waals surface area contributed by atoms with Gasteiger partial charge in [-0.25, -0.2) is 0 Å². The zero-order chi connectivity index (χ0) is 16.1. The van der Waals surface area contributed by atoms with Crippen LogP contribution in [-0.4, -0.2) is 17.2 Å². The van der Waals surface area contributed by atoms with Crippen molar-refractivity contribution >= 4 is 45.5 Å². The van der Waals surface area contributed by atoms with Crippen LogP contribution < -0.4 is 15.8 Å². The van der Waals surface area contributed by atoms with Crippen LogP contribution in [0.5, 0.6) is 0 Å². The van der Waals surface area contributed by atoms with Crippen LogP contribution >= 0.6 is 23.2 Å². The third-order valence-electron chi connectivity index (χ3n) is 4.08. The fourth-order valence-corrected chi connectivity index (χ4v) is 3.38. The molecule has 3 aromatic rings. The predicted octanol–water partition coefficient (Wildman–Crippen LogP) is 4.03. The number of alkyl halides is 1. The number of hydrogen-bond donors (Lipinski definition) is 1. The Morgan fingerprint density at radius 2 is 1.87 bits per heavy atom. The Kier molecular flexibility index (Phi) is 3.25. The average Bonchev–Trinajstić information content (AvgIpc) is 2.85. The number of para-hydroxylation sites is 1. The first-order valence-electron chi connectivity index (χ1n) is 7.15. The van der Waals surface area contributed by atoms with Crippen molar-refractivity contribution in [3.05, 3.63) is 63.9 Å². The summed E-state index contributed by atoms with van der Waals surface area (Å²) in [5.74, 6) is 0. The van der Waals surface area contributed by atoms with Crippen LogP contribution in [0.3, 0.4) is 0 Å². The summed E-state index contributed by atoms with van der Waals surface area (Å²) in [5, 5.41) is 4.56. The Morgan fingerprint density at radius 1 is 1.13 bits per heavy atom. The minimum absolute atomic E-state index is 0.143. The minimum atomic E-state index is -0.455. The van der Waals surface area contributed by atoms with E-state index in [1.807, 2.05) is 54.4 Å². The Morgan fingerprint density at radius 3 is 2.61 bits per heavy atom. The first-order valence-corrected chi connectivity index (χ1v) is 7.96. The second-order valence-electron chi connectivity index (χ2n) is 5.45. The first kappa shape index (κ1) is 14.4. The number of nitrogens with one attached hydrogen (secondary N) is 1. The quantitative estimate of drug-likeness (QED) is 0.534. The molecule has 1 aromatic heterocycles. The average molecular weight is 346 g/mol. The van der Waals surface area contributed by atoms with E-state index in [1.165, 1.54) is 0 Å². The van der Waals surface area contributed by atoms with Gasteiger partial charge in [-0.3, -0.25) is 9.36 Å². The van der Waals surface area contributed by atoms with Crippen molar-refractivity contribution < 1.29 is 0 Å². The molecule has 0 saturated carbocycles. The lowest BCUT2D eigenvalue weighted by atomic mass is 10.1. The summed E-state index contributed by atoms with van der Waals surface area (Å²) in [6.07, 6.45) is 0. The summed E-state index contributed by atoms with van der Waals surface area (Å²) in [5.41, 5.74) is 2.25. The molecule has 0 amide bonds. The molecule has 2 heterocycles. The maximum atomic E-state index is 13.0. The number of halogens is 2. The van der Waals surface area contributed by atoms with Crippen molar-refractivity contribution in [3.63, 3.8) is 0 Å². The summed E-state index contributed by atoms with van der Waals surface area (Å²) in [4.78, 5) is 14.9. The zero-order valence-corrected chi connectivity index (χ0v) is 13.8. The number of pyridine rings is 1. The lowest BCUT2D eigenvalue weighted by Gasteiger charge is -2.18. The van der Waals surface area contributed by atoms with Crippen LogP contribution in [-0.2, 0) is 0 Å². The minimum Gasteiger partial charge on any atom is -0.346 e. The van der Waals surface area contributed by atoms with Crippen LogP contribution in [0.1, 0.15) is 0 Å². The van der Waals surface area contributed by atoms with E-state index in [0.717, 1.165) is 22.3 Å². The van der Waals surface area contributed by atoms with Gasteiger partial charge in [-0.1, -0.05) is 41.4 Å². The number of rotatable bonds is 1. The Hall–Kier alpha value is -2.17. The Labute approximate surface area is 142 Å². The molecule has 0 spiro atoms. The van der Waals surface area contributed by atoms with Gasteiger partial charge in [-0.15, -0.1) is 0 Å². The molecule has 1 unspecified atom stereocenters. The van der Waals surface area contributed by atoms with E-state index < -0.39 is 5.62 Å². The number of hydrogen-bond acceptors (Lipinski definition) is 3. The first-order chi connectivity index (χ1) is 11.1. The lowest BCUT2D eigenvalue weighted by molar-refractivity contribution is 0.964. The van der Waals surface area contributed by atoms with Gasteiger partial charge in [0.2, 0.25) is 0 Å².